The van der Waals surface area contributed by atoms with Crippen LogP contribution in [0.1, 0.15) is 58.8 Å². The summed E-state index contributed by atoms with van der Waals surface area (Å²) in [6, 6.07) is 0. The van der Waals surface area contributed by atoms with E-state index in [1.165, 1.54) is 11.6 Å². The Morgan fingerprint density at radius 3 is 2.68 bits per heavy atom. The third-order valence-corrected chi connectivity index (χ3v) is 7.53. The molecule has 37 heavy (non-hydrogen) atoms. The van der Waals surface area contributed by atoms with Crippen molar-refractivity contribution in [3.05, 3.63) is 60.3 Å². The van der Waals surface area contributed by atoms with Gasteiger partial charge < -0.3 is 29.2 Å². The smallest absolute Gasteiger partial charge is 0.330 e. The summed E-state index contributed by atoms with van der Waals surface area (Å²) in [7, 11) is 0. The maximum absolute atomic E-state index is 12.7. The van der Waals surface area contributed by atoms with E-state index in [0.29, 0.717) is 18.9 Å². The van der Waals surface area contributed by atoms with Gasteiger partial charge in [-0.3, -0.25) is 0 Å². The molecule has 9 atom stereocenters. The van der Waals surface area contributed by atoms with Crippen molar-refractivity contribution in [2.24, 2.45) is 5.92 Å². The van der Waals surface area contributed by atoms with Crippen LogP contribution in [-0.2, 0) is 23.7 Å². The van der Waals surface area contributed by atoms with Crippen molar-refractivity contribution < 1.29 is 34.0 Å². The summed E-state index contributed by atoms with van der Waals surface area (Å²) in [4.78, 5) is 12.7. The molecule has 4 aliphatic heterocycles. The first-order chi connectivity index (χ1) is 17.8. The van der Waals surface area contributed by atoms with Crippen LogP contribution < -0.4 is 0 Å². The molecule has 1 saturated heterocycles. The van der Waals surface area contributed by atoms with Gasteiger partial charge in [0.1, 0.15) is 18.3 Å². The number of esters is 1. The lowest BCUT2D eigenvalue weighted by Gasteiger charge is -2.28. The molecule has 4 heterocycles. The van der Waals surface area contributed by atoms with Gasteiger partial charge in [0.2, 0.25) is 0 Å². The van der Waals surface area contributed by atoms with Gasteiger partial charge in [0, 0.05) is 12.5 Å². The number of rotatable bonds is 2. The number of aliphatic hydroxyl groups is 2. The molecule has 0 spiro atoms. The first-order valence-electron chi connectivity index (χ1n) is 13.6. The van der Waals surface area contributed by atoms with Crippen molar-refractivity contribution in [3.8, 4) is 0 Å². The van der Waals surface area contributed by atoms with E-state index in [-0.39, 0.29) is 31.2 Å². The van der Waals surface area contributed by atoms with Gasteiger partial charge in [-0.25, -0.2) is 4.79 Å². The SMILES string of the molecule is C=C1CC(C)C[C@@H]2CC=C[C@@H](C/C=C/C(=O)O[C@H]3C[C@@H](OC3/C=C/[C@@H]3CC(C)=CCO3)[C@@H](O)[C@@H](O)C1)O2. The van der Waals surface area contributed by atoms with Crippen LogP contribution in [0.4, 0.5) is 0 Å². The molecule has 4 bridgehead atoms. The highest BCUT2D eigenvalue weighted by Crippen LogP contribution is 2.31. The molecule has 4 rings (SSSR count). The fourth-order valence-electron chi connectivity index (χ4n) is 5.62. The van der Waals surface area contributed by atoms with Crippen molar-refractivity contribution in [3.63, 3.8) is 0 Å². The molecular formula is C30H42O7. The Bertz CT molecular complexity index is 919. The van der Waals surface area contributed by atoms with Crippen molar-refractivity contribution in [2.75, 3.05) is 6.61 Å². The lowest BCUT2D eigenvalue weighted by Crippen LogP contribution is -2.37. The largest absolute Gasteiger partial charge is 0.456 e. The minimum Gasteiger partial charge on any atom is -0.456 e. The fourth-order valence-corrected chi connectivity index (χ4v) is 5.62. The predicted molar refractivity (Wildman–Crippen MR) is 141 cm³/mol. The topological polar surface area (TPSA) is 94.5 Å². The summed E-state index contributed by atoms with van der Waals surface area (Å²) in [5.74, 6) is -0.129. The van der Waals surface area contributed by atoms with Gasteiger partial charge in [-0.1, -0.05) is 61.1 Å². The Hall–Kier alpha value is -2.03. The van der Waals surface area contributed by atoms with Crippen LogP contribution in [0.2, 0.25) is 0 Å². The van der Waals surface area contributed by atoms with Crippen LogP contribution in [0.15, 0.2) is 60.3 Å². The van der Waals surface area contributed by atoms with Crippen LogP contribution in [0.5, 0.6) is 0 Å². The number of fused-ring (bicyclic) bond motifs is 4. The van der Waals surface area contributed by atoms with E-state index in [4.69, 9.17) is 18.9 Å². The Morgan fingerprint density at radius 1 is 1.03 bits per heavy atom. The third-order valence-electron chi connectivity index (χ3n) is 7.53. The summed E-state index contributed by atoms with van der Waals surface area (Å²) in [6.45, 7) is 8.95. The quantitative estimate of drug-likeness (QED) is 0.423. The Kier molecular flexibility index (Phi) is 9.96. The van der Waals surface area contributed by atoms with Crippen LogP contribution >= 0.6 is 0 Å². The average Bonchev–Trinajstić information content (AvgIpc) is 3.24. The van der Waals surface area contributed by atoms with Crippen LogP contribution in [0, 0.1) is 5.92 Å². The average molecular weight is 515 g/mol. The van der Waals surface area contributed by atoms with Crippen LogP contribution in [0.25, 0.3) is 0 Å². The molecule has 2 unspecified atom stereocenters. The summed E-state index contributed by atoms with van der Waals surface area (Å²) >= 11 is 0. The highest BCUT2D eigenvalue weighted by molar-refractivity contribution is 5.82. The molecular weight excluding hydrogens is 472 g/mol. The molecule has 204 valence electrons. The lowest BCUT2D eigenvalue weighted by molar-refractivity contribution is -0.144. The molecule has 0 aliphatic carbocycles. The summed E-state index contributed by atoms with van der Waals surface area (Å²) in [5.41, 5.74) is 2.15. The summed E-state index contributed by atoms with van der Waals surface area (Å²) in [6.07, 6.45) is 13.7. The van der Waals surface area contributed by atoms with E-state index < -0.39 is 36.5 Å². The fraction of sp³-hybridized carbons (Fsp3) is 0.633. The molecule has 0 amide bonds. The molecule has 1 fully saturated rings. The highest BCUT2D eigenvalue weighted by Gasteiger charge is 2.42. The molecule has 7 nitrogen and oxygen atoms in total. The van der Waals surface area contributed by atoms with Gasteiger partial charge in [-0.05, 0) is 51.4 Å². The number of ether oxygens (including phenoxy) is 4. The van der Waals surface area contributed by atoms with Crippen molar-refractivity contribution >= 4 is 5.97 Å². The van der Waals surface area contributed by atoms with Gasteiger partial charge in [-0.15, -0.1) is 0 Å². The first-order valence-corrected chi connectivity index (χ1v) is 13.6. The normalized spacial score (nSPS) is 41.1. The highest BCUT2D eigenvalue weighted by atomic mass is 16.6. The first kappa shape index (κ1) is 28.0. The van der Waals surface area contributed by atoms with Gasteiger partial charge >= 0.3 is 5.97 Å². The van der Waals surface area contributed by atoms with Gasteiger partial charge in [0.15, 0.2) is 0 Å². The molecule has 0 aromatic heterocycles. The minimum atomic E-state index is -1.12. The number of hydrogen-bond acceptors (Lipinski definition) is 7. The number of carbonyl (C=O) groups is 1. The zero-order chi connectivity index (χ0) is 26.4. The van der Waals surface area contributed by atoms with E-state index in [9.17, 15) is 15.0 Å². The second-order valence-electron chi connectivity index (χ2n) is 11.0. The predicted octanol–water partition coefficient (Wildman–Crippen LogP) is 4.11. The molecule has 0 radical (unpaired) electrons. The minimum absolute atomic E-state index is 0.0723. The van der Waals surface area contributed by atoms with E-state index in [1.807, 2.05) is 18.2 Å². The number of aliphatic hydroxyl groups excluding tert-OH is 2. The molecule has 2 N–H and O–H groups in total. The van der Waals surface area contributed by atoms with E-state index in [2.05, 4.69) is 32.6 Å². The molecule has 0 aromatic rings. The maximum atomic E-state index is 12.7. The lowest BCUT2D eigenvalue weighted by atomic mass is 9.90. The summed E-state index contributed by atoms with van der Waals surface area (Å²) < 4.78 is 23.9. The molecule has 7 heteroatoms. The van der Waals surface area contributed by atoms with E-state index in [1.54, 1.807) is 6.08 Å². The Morgan fingerprint density at radius 2 is 1.86 bits per heavy atom. The van der Waals surface area contributed by atoms with Crippen molar-refractivity contribution in [1.29, 1.82) is 0 Å². The van der Waals surface area contributed by atoms with Gasteiger partial charge in [-0.2, -0.15) is 0 Å². The summed E-state index contributed by atoms with van der Waals surface area (Å²) in [5, 5.41) is 21.7. The van der Waals surface area contributed by atoms with Crippen molar-refractivity contribution in [2.45, 2.75) is 108 Å². The second-order valence-corrected chi connectivity index (χ2v) is 11.0. The standard InChI is InChI=1S/C30H42O7/c1-19-12-13-34-23(15-19)10-11-26-27-18-28(36-26)30(33)25(31)17-21(3)14-20(2)16-24-8-4-6-22(35-24)7-5-9-29(32)37-27/h4-6,9-12,20,22-28,30-31,33H,3,7-8,13-18H2,1-2H3/b9-5+,11-10+/t20?,22-,23+,24-,25-,26?,27-,28+,30-/m0/s1. The maximum Gasteiger partial charge on any atom is 0.330 e. The molecule has 4 aliphatic rings. The van der Waals surface area contributed by atoms with Crippen LogP contribution in [0.3, 0.4) is 0 Å². The molecule has 0 saturated carbocycles. The second kappa shape index (κ2) is 13.2. The number of carbonyl (C=O) groups excluding carboxylic acids is 1. The Balaban J connectivity index is 1.49. The van der Waals surface area contributed by atoms with Gasteiger partial charge in [0.25, 0.3) is 0 Å². The zero-order valence-electron chi connectivity index (χ0n) is 22.0. The monoisotopic (exact) mass is 514 g/mol. The van der Waals surface area contributed by atoms with E-state index in [0.717, 1.165) is 31.3 Å². The zero-order valence-corrected chi connectivity index (χ0v) is 22.0. The number of hydrogen-bond donors (Lipinski definition) is 2. The van der Waals surface area contributed by atoms with E-state index >= 15 is 0 Å². The van der Waals surface area contributed by atoms with Gasteiger partial charge in [0.05, 0.1) is 37.1 Å². The third kappa shape index (κ3) is 8.23. The van der Waals surface area contributed by atoms with Crippen molar-refractivity contribution in [1.82, 2.24) is 0 Å². The molecule has 0 aromatic carbocycles. The Labute approximate surface area is 220 Å². The van der Waals surface area contributed by atoms with Crippen LogP contribution in [-0.4, -0.2) is 71.6 Å².